The van der Waals surface area contributed by atoms with E-state index in [4.69, 9.17) is 23.2 Å². The van der Waals surface area contributed by atoms with Crippen molar-refractivity contribution in [2.45, 2.75) is 31.7 Å². The number of carbonyl (C=O) groups is 1. The number of thioether (sulfide) groups is 1. The minimum Gasteiger partial charge on any atom is -0.321 e. The van der Waals surface area contributed by atoms with Crippen molar-refractivity contribution in [2.75, 3.05) is 5.32 Å². The zero-order chi connectivity index (χ0) is 26.8. The van der Waals surface area contributed by atoms with Crippen molar-refractivity contribution < 1.29 is 4.79 Å². The van der Waals surface area contributed by atoms with Gasteiger partial charge >= 0.3 is 0 Å². The number of benzene rings is 3. The Hall–Kier alpha value is -3.17. The van der Waals surface area contributed by atoms with Crippen molar-refractivity contribution in [3.8, 4) is 17.1 Å². The van der Waals surface area contributed by atoms with Crippen LogP contribution in [0.4, 0.5) is 5.69 Å². The SMILES string of the molecule is Cc1ccc(NC(=O)c2csc(CSc3nnc(-c4ccccc4Cl)n3-c3cc(Cl)ccc3C)n2)cc1C. The Morgan fingerprint density at radius 1 is 0.974 bits per heavy atom. The Labute approximate surface area is 239 Å². The quantitative estimate of drug-likeness (QED) is 0.197. The zero-order valence-electron chi connectivity index (χ0n) is 20.8. The molecule has 0 spiro atoms. The highest BCUT2D eigenvalue weighted by atomic mass is 35.5. The van der Waals surface area contributed by atoms with Gasteiger partial charge in [0.25, 0.3) is 5.91 Å². The molecule has 0 aliphatic rings. The van der Waals surface area contributed by atoms with E-state index in [0.717, 1.165) is 33.1 Å². The van der Waals surface area contributed by atoms with E-state index in [9.17, 15) is 4.79 Å². The maximum Gasteiger partial charge on any atom is 0.275 e. The van der Waals surface area contributed by atoms with Gasteiger partial charge in [-0.05, 0) is 73.9 Å². The second-order valence-electron chi connectivity index (χ2n) is 8.72. The summed E-state index contributed by atoms with van der Waals surface area (Å²) >= 11 is 15.8. The molecular weight excluding hydrogens is 557 g/mol. The van der Waals surface area contributed by atoms with Crippen molar-refractivity contribution in [2.24, 2.45) is 0 Å². The molecule has 10 heteroatoms. The number of thiazole rings is 1. The van der Waals surface area contributed by atoms with Gasteiger partial charge in [-0.15, -0.1) is 21.5 Å². The summed E-state index contributed by atoms with van der Waals surface area (Å²) in [5.74, 6) is 0.900. The molecule has 0 saturated carbocycles. The van der Waals surface area contributed by atoms with Crippen LogP contribution >= 0.6 is 46.3 Å². The number of halogens is 2. The van der Waals surface area contributed by atoms with E-state index in [1.165, 1.54) is 28.7 Å². The van der Waals surface area contributed by atoms with Crippen molar-refractivity contribution in [1.82, 2.24) is 19.7 Å². The average molecular weight is 581 g/mol. The van der Waals surface area contributed by atoms with E-state index >= 15 is 0 Å². The molecule has 0 radical (unpaired) electrons. The first-order valence-electron chi connectivity index (χ1n) is 11.7. The summed E-state index contributed by atoms with van der Waals surface area (Å²) in [6.07, 6.45) is 0. The number of amides is 1. The number of aromatic nitrogens is 4. The van der Waals surface area contributed by atoms with Crippen LogP contribution in [-0.4, -0.2) is 25.7 Å². The monoisotopic (exact) mass is 579 g/mol. The van der Waals surface area contributed by atoms with Gasteiger partial charge < -0.3 is 5.32 Å². The summed E-state index contributed by atoms with van der Waals surface area (Å²) in [7, 11) is 0. The highest BCUT2D eigenvalue weighted by Gasteiger charge is 2.20. The molecule has 3 aromatic carbocycles. The smallest absolute Gasteiger partial charge is 0.275 e. The van der Waals surface area contributed by atoms with Gasteiger partial charge in [0, 0.05) is 21.7 Å². The van der Waals surface area contributed by atoms with Gasteiger partial charge in [-0.1, -0.05) is 59.2 Å². The first-order valence-corrected chi connectivity index (χ1v) is 14.3. The Bertz CT molecular complexity index is 1650. The van der Waals surface area contributed by atoms with Gasteiger partial charge in [0.05, 0.1) is 16.5 Å². The number of nitrogens with one attached hydrogen (secondary N) is 1. The van der Waals surface area contributed by atoms with Crippen LogP contribution in [0.5, 0.6) is 0 Å². The molecule has 2 aromatic heterocycles. The van der Waals surface area contributed by atoms with E-state index in [1.807, 2.05) is 86.0 Å². The highest BCUT2D eigenvalue weighted by molar-refractivity contribution is 7.98. The van der Waals surface area contributed by atoms with Gasteiger partial charge in [0.1, 0.15) is 10.7 Å². The summed E-state index contributed by atoms with van der Waals surface area (Å²) in [5.41, 5.74) is 6.08. The molecule has 6 nitrogen and oxygen atoms in total. The number of rotatable bonds is 7. The third-order valence-electron chi connectivity index (χ3n) is 6.03. The minimum atomic E-state index is -0.237. The van der Waals surface area contributed by atoms with Crippen molar-refractivity contribution in [1.29, 1.82) is 0 Å². The molecule has 1 N–H and O–H groups in total. The molecule has 0 aliphatic heterocycles. The van der Waals surface area contributed by atoms with Crippen LogP contribution in [-0.2, 0) is 5.75 Å². The van der Waals surface area contributed by atoms with Crippen LogP contribution < -0.4 is 5.32 Å². The second kappa shape index (κ2) is 11.3. The molecule has 2 heterocycles. The number of hydrogen-bond acceptors (Lipinski definition) is 6. The van der Waals surface area contributed by atoms with Gasteiger partial charge in [0.2, 0.25) is 0 Å². The minimum absolute atomic E-state index is 0.237. The zero-order valence-corrected chi connectivity index (χ0v) is 24.0. The molecule has 38 heavy (non-hydrogen) atoms. The number of nitrogens with zero attached hydrogens (tertiary/aromatic N) is 4. The summed E-state index contributed by atoms with van der Waals surface area (Å²) in [4.78, 5) is 17.3. The largest absolute Gasteiger partial charge is 0.321 e. The van der Waals surface area contributed by atoms with Crippen LogP contribution in [0.15, 0.2) is 71.2 Å². The molecule has 0 aliphatic carbocycles. The van der Waals surface area contributed by atoms with E-state index < -0.39 is 0 Å². The van der Waals surface area contributed by atoms with E-state index in [0.29, 0.717) is 32.5 Å². The van der Waals surface area contributed by atoms with Crippen LogP contribution in [0.1, 0.15) is 32.2 Å². The molecule has 0 atom stereocenters. The Balaban J connectivity index is 1.40. The van der Waals surface area contributed by atoms with Crippen LogP contribution in [0.25, 0.3) is 17.1 Å². The maximum atomic E-state index is 12.8. The maximum absolute atomic E-state index is 12.8. The van der Waals surface area contributed by atoms with Crippen molar-refractivity contribution >= 4 is 57.9 Å². The number of hydrogen-bond donors (Lipinski definition) is 1. The van der Waals surface area contributed by atoms with Gasteiger partial charge in [-0.25, -0.2) is 4.98 Å². The summed E-state index contributed by atoms with van der Waals surface area (Å²) in [6.45, 7) is 6.07. The average Bonchev–Trinajstić information content (AvgIpc) is 3.54. The lowest BCUT2D eigenvalue weighted by Gasteiger charge is -2.14. The fraction of sp³-hybridized carbons (Fsp3) is 0.143. The highest BCUT2D eigenvalue weighted by Crippen LogP contribution is 2.35. The van der Waals surface area contributed by atoms with Gasteiger partial charge in [0.15, 0.2) is 11.0 Å². The van der Waals surface area contributed by atoms with E-state index in [-0.39, 0.29) is 5.91 Å². The molecule has 0 bridgehead atoms. The van der Waals surface area contributed by atoms with Crippen LogP contribution in [0, 0.1) is 20.8 Å². The van der Waals surface area contributed by atoms with Crippen molar-refractivity contribution in [3.05, 3.63) is 103 Å². The molecule has 5 aromatic rings. The lowest BCUT2D eigenvalue weighted by atomic mass is 10.1. The number of aryl methyl sites for hydroxylation is 3. The Morgan fingerprint density at radius 2 is 1.76 bits per heavy atom. The normalized spacial score (nSPS) is 11.1. The molecular formula is C28H23Cl2N5OS2. The third-order valence-corrected chi connectivity index (χ3v) is 8.57. The molecule has 192 valence electrons. The van der Waals surface area contributed by atoms with Crippen LogP contribution in [0.2, 0.25) is 10.0 Å². The predicted molar refractivity (Wildman–Crippen MR) is 157 cm³/mol. The fourth-order valence-electron chi connectivity index (χ4n) is 3.84. The second-order valence-corrected chi connectivity index (χ2v) is 11.4. The van der Waals surface area contributed by atoms with Crippen molar-refractivity contribution in [3.63, 3.8) is 0 Å². The summed E-state index contributed by atoms with van der Waals surface area (Å²) in [6, 6.07) is 19.1. The molecule has 1 amide bonds. The van der Waals surface area contributed by atoms with Crippen LogP contribution in [0.3, 0.4) is 0 Å². The summed E-state index contributed by atoms with van der Waals surface area (Å²) < 4.78 is 1.97. The number of anilines is 1. The summed E-state index contributed by atoms with van der Waals surface area (Å²) in [5, 5.41) is 16.3. The third kappa shape index (κ3) is 5.63. The Kier molecular flexibility index (Phi) is 7.85. The molecule has 5 rings (SSSR count). The predicted octanol–water partition coefficient (Wildman–Crippen LogP) is 8.17. The first kappa shape index (κ1) is 26.4. The van der Waals surface area contributed by atoms with Gasteiger partial charge in [-0.2, -0.15) is 0 Å². The lowest BCUT2D eigenvalue weighted by molar-refractivity contribution is 0.102. The Morgan fingerprint density at radius 3 is 2.55 bits per heavy atom. The molecule has 0 unspecified atom stereocenters. The molecule has 0 fully saturated rings. The van der Waals surface area contributed by atoms with E-state index in [1.54, 1.807) is 5.38 Å². The standard InChI is InChI=1S/C28H23Cl2N5OS2/c1-16-9-11-20(12-18(16)3)31-27(36)23-14-37-25(32-23)15-38-28-34-33-26(21-6-4-5-7-22(21)30)35(28)24-13-19(29)10-8-17(24)2/h4-14H,15H2,1-3H3,(H,31,36). The first-order chi connectivity index (χ1) is 18.3. The van der Waals surface area contributed by atoms with Gasteiger partial charge in [-0.3, -0.25) is 9.36 Å². The van der Waals surface area contributed by atoms with E-state index in [2.05, 4.69) is 20.5 Å². The lowest BCUT2D eigenvalue weighted by Crippen LogP contribution is -2.12. The molecule has 0 saturated heterocycles. The fourth-order valence-corrected chi connectivity index (χ4v) is 5.97. The number of carbonyl (C=O) groups excluding carboxylic acids is 1. The topological polar surface area (TPSA) is 72.7 Å².